The van der Waals surface area contributed by atoms with Crippen LogP contribution < -0.4 is 5.84 Å². The molecule has 0 aliphatic rings. The zero-order chi connectivity index (χ0) is 9.94. The molecule has 0 fully saturated rings. The maximum Gasteiger partial charge on any atom is 0.115 e. The first-order valence-corrected chi connectivity index (χ1v) is 3.98. The van der Waals surface area contributed by atoms with Gasteiger partial charge in [-0.1, -0.05) is 27.4 Å². The Hall–Kier alpha value is -0.830. The van der Waals surface area contributed by atoms with Crippen molar-refractivity contribution in [2.24, 2.45) is 16.3 Å². The van der Waals surface area contributed by atoms with Gasteiger partial charge in [0, 0.05) is 18.2 Å². The molecule has 0 atom stereocenters. The normalized spacial score (nSPS) is 13.0. The van der Waals surface area contributed by atoms with Crippen molar-refractivity contribution in [1.82, 2.24) is 5.01 Å². The van der Waals surface area contributed by atoms with Crippen LogP contribution in [0.15, 0.2) is 17.3 Å². The Morgan fingerprint density at radius 2 is 1.83 bits per heavy atom. The van der Waals surface area contributed by atoms with Gasteiger partial charge in [0.05, 0.1) is 0 Å². The molecule has 12 heavy (non-hydrogen) atoms. The SMILES string of the molecule is C=C(N=C(C)N(C)N)C(C)(C)C. The van der Waals surface area contributed by atoms with E-state index in [1.54, 1.807) is 7.05 Å². The fraction of sp³-hybridized carbons (Fsp3) is 0.667. The Kier molecular flexibility index (Phi) is 3.46. The maximum absolute atomic E-state index is 5.49. The number of allylic oxidation sites excluding steroid dienone is 1. The Bertz CT molecular complexity index is 196. The zero-order valence-corrected chi connectivity index (χ0v) is 8.68. The Morgan fingerprint density at radius 1 is 1.42 bits per heavy atom. The fourth-order valence-corrected chi connectivity index (χ4v) is 0.442. The molecule has 0 amide bonds. The van der Waals surface area contributed by atoms with Crippen LogP contribution in [0.25, 0.3) is 0 Å². The Labute approximate surface area is 74.9 Å². The van der Waals surface area contributed by atoms with E-state index in [1.165, 1.54) is 5.01 Å². The van der Waals surface area contributed by atoms with Gasteiger partial charge in [-0.25, -0.2) is 10.8 Å². The summed E-state index contributed by atoms with van der Waals surface area (Å²) in [4.78, 5) is 4.27. The van der Waals surface area contributed by atoms with Crippen molar-refractivity contribution in [3.05, 3.63) is 12.3 Å². The van der Waals surface area contributed by atoms with Crippen LogP contribution in [-0.4, -0.2) is 17.9 Å². The van der Waals surface area contributed by atoms with Crippen LogP contribution in [0.4, 0.5) is 0 Å². The van der Waals surface area contributed by atoms with Gasteiger partial charge in [0.15, 0.2) is 0 Å². The molecule has 0 aliphatic carbocycles. The number of amidine groups is 1. The average Bonchev–Trinajstić information content (AvgIpc) is 1.85. The van der Waals surface area contributed by atoms with Crippen LogP contribution in [0.1, 0.15) is 27.7 Å². The van der Waals surface area contributed by atoms with E-state index < -0.39 is 0 Å². The van der Waals surface area contributed by atoms with Gasteiger partial charge in [0.1, 0.15) is 5.84 Å². The van der Waals surface area contributed by atoms with Crippen molar-refractivity contribution in [1.29, 1.82) is 0 Å². The van der Waals surface area contributed by atoms with Crippen LogP contribution in [0, 0.1) is 5.41 Å². The number of rotatable bonds is 1. The summed E-state index contributed by atoms with van der Waals surface area (Å²) < 4.78 is 0. The van der Waals surface area contributed by atoms with Gasteiger partial charge in [-0.15, -0.1) is 0 Å². The summed E-state index contributed by atoms with van der Waals surface area (Å²) in [7, 11) is 1.76. The molecule has 0 aliphatic heterocycles. The largest absolute Gasteiger partial charge is 0.302 e. The van der Waals surface area contributed by atoms with Gasteiger partial charge in [0.2, 0.25) is 0 Å². The second kappa shape index (κ2) is 3.72. The van der Waals surface area contributed by atoms with Gasteiger partial charge >= 0.3 is 0 Å². The fourth-order valence-electron chi connectivity index (χ4n) is 0.442. The van der Waals surface area contributed by atoms with E-state index in [2.05, 4.69) is 32.3 Å². The molecule has 0 heterocycles. The predicted octanol–water partition coefficient (Wildman–Crippen LogP) is 1.77. The summed E-state index contributed by atoms with van der Waals surface area (Å²) in [6, 6.07) is 0. The number of nitrogens with two attached hydrogens (primary N) is 1. The van der Waals surface area contributed by atoms with Gasteiger partial charge in [-0.3, -0.25) is 0 Å². The molecule has 0 saturated heterocycles. The molecule has 3 heteroatoms. The molecule has 0 saturated carbocycles. The van der Waals surface area contributed by atoms with Crippen LogP contribution in [0.5, 0.6) is 0 Å². The lowest BCUT2D eigenvalue weighted by Gasteiger charge is -2.20. The van der Waals surface area contributed by atoms with E-state index in [-0.39, 0.29) is 5.41 Å². The average molecular weight is 169 g/mol. The molecule has 0 spiro atoms. The highest BCUT2D eigenvalue weighted by atomic mass is 15.4. The van der Waals surface area contributed by atoms with Crippen molar-refractivity contribution in [2.45, 2.75) is 27.7 Å². The van der Waals surface area contributed by atoms with E-state index in [1.807, 2.05) is 6.92 Å². The number of hydrogen-bond acceptors (Lipinski definition) is 2. The van der Waals surface area contributed by atoms with E-state index in [4.69, 9.17) is 5.84 Å². The summed E-state index contributed by atoms with van der Waals surface area (Å²) in [5.74, 6) is 6.26. The van der Waals surface area contributed by atoms with E-state index in [9.17, 15) is 0 Å². The topological polar surface area (TPSA) is 41.6 Å². The minimum Gasteiger partial charge on any atom is -0.302 e. The Balaban J connectivity index is 4.46. The molecule has 0 aromatic rings. The summed E-state index contributed by atoms with van der Waals surface area (Å²) in [6.07, 6.45) is 0. The van der Waals surface area contributed by atoms with Gasteiger partial charge < -0.3 is 5.01 Å². The van der Waals surface area contributed by atoms with Gasteiger partial charge in [-0.05, 0) is 6.92 Å². The summed E-state index contributed by atoms with van der Waals surface area (Å²) in [6.45, 7) is 12.0. The highest BCUT2D eigenvalue weighted by Crippen LogP contribution is 2.24. The second-order valence-electron chi connectivity index (χ2n) is 3.97. The summed E-state index contributed by atoms with van der Waals surface area (Å²) in [5, 5.41) is 1.48. The summed E-state index contributed by atoms with van der Waals surface area (Å²) >= 11 is 0. The van der Waals surface area contributed by atoms with Gasteiger partial charge in [0.25, 0.3) is 0 Å². The third-order valence-electron chi connectivity index (χ3n) is 1.67. The molecular formula is C9H19N3. The van der Waals surface area contributed by atoms with E-state index >= 15 is 0 Å². The van der Waals surface area contributed by atoms with Crippen molar-refractivity contribution in [3.8, 4) is 0 Å². The minimum atomic E-state index is 0.0112. The second-order valence-corrected chi connectivity index (χ2v) is 3.97. The number of hydrogen-bond donors (Lipinski definition) is 1. The van der Waals surface area contributed by atoms with Crippen molar-refractivity contribution in [3.63, 3.8) is 0 Å². The third-order valence-corrected chi connectivity index (χ3v) is 1.67. The number of nitrogens with zero attached hydrogens (tertiary/aromatic N) is 2. The Morgan fingerprint density at radius 3 is 2.08 bits per heavy atom. The van der Waals surface area contributed by atoms with Crippen LogP contribution >= 0.6 is 0 Å². The molecule has 0 aromatic carbocycles. The highest BCUT2D eigenvalue weighted by molar-refractivity contribution is 5.79. The zero-order valence-electron chi connectivity index (χ0n) is 8.68. The molecule has 3 nitrogen and oxygen atoms in total. The monoisotopic (exact) mass is 169 g/mol. The lowest BCUT2D eigenvalue weighted by atomic mass is 9.93. The molecule has 0 radical (unpaired) electrons. The highest BCUT2D eigenvalue weighted by Gasteiger charge is 2.14. The quantitative estimate of drug-likeness (QED) is 0.281. The smallest absolute Gasteiger partial charge is 0.115 e. The lowest BCUT2D eigenvalue weighted by molar-refractivity contribution is 0.489. The molecule has 2 N–H and O–H groups in total. The molecule has 0 aromatic heterocycles. The third kappa shape index (κ3) is 3.53. The van der Waals surface area contributed by atoms with Crippen LogP contribution in [0.2, 0.25) is 0 Å². The molecule has 0 rings (SSSR count). The molecular weight excluding hydrogens is 150 g/mol. The van der Waals surface area contributed by atoms with Crippen LogP contribution in [0.3, 0.4) is 0 Å². The maximum atomic E-state index is 5.49. The molecule has 0 bridgehead atoms. The van der Waals surface area contributed by atoms with E-state index in [0.717, 1.165) is 11.5 Å². The van der Waals surface area contributed by atoms with Crippen molar-refractivity contribution < 1.29 is 0 Å². The lowest BCUT2D eigenvalue weighted by Crippen LogP contribution is -2.31. The van der Waals surface area contributed by atoms with Crippen molar-refractivity contribution in [2.75, 3.05) is 7.05 Å². The standard InChI is InChI=1S/C9H19N3/c1-7(9(3,4)5)11-8(2)12(6)10/h1,10H2,2-6H3. The van der Waals surface area contributed by atoms with Gasteiger partial charge in [-0.2, -0.15) is 0 Å². The van der Waals surface area contributed by atoms with Crippen LogP contribution in [-0.2, 0) is 0 Å². The van der Waals surface area contributed by atoms with Crippen molar-refractivity contribution >= 4 is 5.84 Å². The minimum absolute atomic E-state index is 0.0112. The first-order valence-electron chi connectivity index (χ1n) is 3.98. The number of aliphatic imine (C=N–C) groups is 1. The first-order chi connectivity index (χ1) is 5.25. The number of hydrazine groups is 1. The molecule has 0 unspecified atom stereocenters. The molecule has 70 valence electrons. The first kappa shape index (κ1) is 11.2. The summed E-state index contributed by atoms with van der Waals surface area (Å²) in [5.41, 5.74) is 0.856. The predicted molar refractivity (Wildman–Crippen MR) is 53.7 cm³/mol. The van der Waals surface area contributed by atoms with E-state index in [0.29, 0.717) is 0 Å².